The van der Waals surface area contributed by atoms with Gasteiger partial charge in [-0.2, -0.15) is 22.9 Å². The number of aromatic nitrogens is 7. The van der Waals surface area contributed by atoms with Crippen molar-refractivity contribution in [3.05, 3.63) is 65.7 Å². The molecule has 0 radical (unpaired) electrons. The van der Waals surface area contributed by atoms with Crippen molar-refractivity contribution >= 4 is 12.6 Å². The Balaban J connectivity index is 1.60. The molecule has 8 heteroatoms. The average Bonchev–Trinajstić information content (AvgIpc) is 3.39. The second-order valence-electron chi connectivity index (χ2n) is 6.49. The van der Waals surface area contributed by atoms with E-state index in [4.69, 9.17) is 0 Å². The Hall–Kier alpha value is -3.00. The topological polar surface area (TPSA) is 85.2 Å². The van der Waals surface area contributed by atoms with Gasteiger partial charge in [0.15, 0.2) is 5.82 Å². The van der Waals surface area contributed by atoms with Crippen molar-refractivity contribution in [2.24, 2.45) is 0 Å². The largest absolute Gasteiger partial charge is 0.245 e. The van der Waals surface area contributed by atoms with Gasteiger partial charge in [-0.05, 0) is 28.3 Å². The van der Waals surface area contributed by atoms with Gasteiger partial charge in [0, 0.05) is 12.0 Å². The van der Waals surface area contributed by atoms with E-state index >= 15 is 0 Å². The summed E-state index contributed by atoms with van der Waals surface area (Å²) in [6, 6.07) is 16.5. The summed E-state index contributed by atoms with van der Waals surface area (Å²) in [5, 5.41) is 19.0. The third-order valence-electron chi connectivity index (χ3n) is 4.52. The molecular weight excluding hydrogens is 370 g/mol. The van der Waals surface area contributed by atoms with Gasteiger partial charge in [-0.25, -0.2) is 9.67 Å². The molecule has 0 bridgehead atoms. The number of benzene rings is 2. The Bertz CT molecular complexity index is 1040. The molecule has 1 N–H and O–H groups in total. The first-order valence-corrected chi connectivity index (χ1v) is 9.87. The number of nitrogens with zero attached hydrogens (tertiary/aromatic N) is 6. The highest BCUT2D eigenvalue weighted by molar-refractivity contribution is 7.79. The molecule has 0 saturated carbocycles. The smallest absolute Gasteiger partial charge is 0.205 e. The molecule has 2 aromatic carbocycles. The van der Waals surface area contributed by atoms with Crippen LogP contribution in [-0.4, -0.2) is 35.4 Å². The third-order valence-corrected chi connectivity index (χ3v) is 4.80. The van der Waals surface area contributed by atoms with E-state index in [0.717, 1.165) is 41.2 Å². The highest BCUT2D eigenvalue weighted by Gasteiger charge is 2.12. The van der Waals surface area contributed by atoms with E-state index in [0.29, 0.717) is 18.1 Å². The highest BCUT2D eigenvalue weighted by Crippen LogP contribution is 2.29. The summed E-state index contributed by atoms with van der Waals surface area (Å²) in [6.07, 6.45) is 1.95. The fourth-order valence-electron chi connectivity index (χ4n) is 3.20. The Morgan fingerprint density at radius 3 is 2.50 bits per heavy atom. The zero-order chi connectivity index (χ0) is 19.3. The lowest BCUT2D eigenvalue weighted by molar-refractivity contribution is 0.627. The standard InChI is InChI=1S/C20H21N7S/c1-2-5-19-21-18(13-28)24-27(19)12-14-8-10-15(11-9-14)16-6-3-4-7-17(16)20-22-25-26-23-20/h3-4,6-11,28H,2,5,12-13H2,1H3,(H,22,23,25,26). The number of aryl methyl sites for hydroxylation is 1. The highest BCUT2D eigenvalue weighted by atomic mass is 32.1. The maximum atomic E-state index is 4.57. The van der Waals surface area contributed by atoms with E-state index in [1.165, 1.54) is 5.56 Å². The van der Waals surface area contributed by atoms with E-state index in [1.54, 1.807) is 0 Å². The second kappa shape index (κ2) is 8.35. The van der Waals surface area contributed by atoms with Crippen LogP contribution < -0.4 is 0 Å². The molecule has 0 unspecified atom stereocenters. The van der Waals surface area contributed by atoms with Gasteiger partial charge in [-0.15, -0.1) is 10.2 Å². The maximum absolute atomic E-state index is 4.57. The van der Waals surface area contributed by atoms with Crippen molar-refractivity contribution in [2.45, 2.75) is 32.1 Å². The zero-order valence-corrected chi connectivity index (χ0v) is 16.5. The SMILES string of the molecule is CCCc1nc(CS)nn1Cc1ccc(-c2ccccc2-c2nn[nH]n2)cc1. The first kappa shape index (κ1) is 18.4. The molecule has 4 aromatic rings. The summed E-state index contributed by atoms with van der Waals surface area (Å²) in [5.74, 6) is 2.93. The molecule has 2 aromatic heterocycles. The van der Waals surface area contributed by atoms with Gasteiger partial charge in [0.05, 0.1) is 12.3 Å². The summed E-state index contributed by atoms with van der Waals surface area (Å²) < 4.78 is 1.98. The van der Waals surface area contributed by atoms with Gasteiger partial charge >= 0.3 is 0 Å². The number of aromatic amines is 1. The molecule has 0 spiro atoms. The van der Waals surface area contributed by atoms with Gasteiger partial charge in [0.2, 0.25) is 5.82 Å². The molecule has 0 aliphatic carbocycles. The minimum Gasteiger partial charge on any atom is -0.245 e. The maximum Gasteiger partial charge on any atom is 0.205 e. The minimum atomic E-state index is 0.551. The molecule has 142 valence electrons. The van der Waals surface area contributed by atoms with Crippen LogP contribution in [0.2, 0.25) is 0 Å². The molecule has 0 amide bonds. The third kappa shape index (κ3) is 3.82. The van der Waals surface area contributed by atoms with Gasteiger partial charge in [0.25, 0.3) is 0 Å². The summed E-state index contributed by atoms with van der Waals surface area (Å²) >= 11 is 4.30. The minimum absolute atomic E-state index is 0.551. The van der Waals surface area contributed by atoms with Gasteiger partial charge < -0.3 is 0 Å². The quantitative estimate of drug-likeness (QED) is 0.471. The van der Waals surface area contributed by atoms with Crippen molar-refractivity contribution in [3.63, 3.8) is 0 Å². The van der Waals surface area contributed by atoms with Crippen LogP contribution in [0.25, 0.3) is 22.5 Å². The van der Waals surface area contributed by atoms with Crippen LogP contribution in [-0.2, 0) is 18.7 Å². The zero-order valence-electron chi connectivity index (χ0n) is 15.6. The summed E-state index contributed by atoms with van der Waals surface area (Å²) in [6.45, 7) is 2.85. The predicted octanol–water partition coefficient (Wildman–Crippen LogP) is 3.56. The first-order chi connectivity index (χ1) is 13.8. The summed E-state index contributed by atoms with van der Waals surface area (Å²) in [7, 11) is 0. The van der Waals surface area contributed by atoms with Crippen molar-refractivity contribution < 1.29 is 0 Å². The van der Waals surface area contributed by atoms with E-state index in [2.05, 4.69) is 80.6 Å². The second-order valence-corrected chi connectivity index (χ2v) is 6.80. The van der Waals surface area contributed by atoms with Crippen LogP contribution in [0.15, 0.2) is 48.5 Å². The lowest BCUT2D eigenvalue weighted by Gasteiger charge is -2.09. The Morgan fingerprint density at radius 1 is 1.04 bits per heavy atom. The number of hydrogen-bond acceptors (Lipinski definition) is 6. The average molecular weight is 392 g/mol. The molecular formula is C20H21N7S. The van der Waals surface area contributed by atoms with E-state index < -0.39 is 0 Å². The van der Waals surface area contributed by atoms with Crippen LogP contribution in [0, 0.1) is 0 Å². The summed E-state index contributed by atoms with van der Waals surface area (Å²) in [5.41, 5.74) is 4.30. The van der Waals surface area contributed by atoms with Gasteiger partial charge in [0.1, 0.15) is 5.82 Å². The fourth-order valence-corrected chi connectivity index (χ4v) is 3.33. The fraction of sp³-hybridized carbons (Fsp3) is 0.250. The van der Waals surface area contributed by atoms with Crippen LogP contribution in [0.1, 0.15) is 30.6 Å². The Morgan fingerprint density at radius 2 is 1.82 bits per heavy atom. The molecule has 0 saturated heterocycles. The summed E-state index contributed by atoms with van der Waals surface area (Å²) in [4.78, 5) is 4.57. The number of H-pyrrole nitrogens is 1. The molecule has 0 aliphatic heterocycles. The molecule has 0 aliphatic rings. The van der Waals surface area contributed by atoms with Crippen LogP contribution in [0.5, 0.6) is 0 Å². The molecule has 28 heavy (non-hydrogen) atoms. The van der Waals surface area contributed by atoms with Gasteiger partial charge in [-0.1, -0.05) is 55.5 Å². The van der Waals surface area contributed by atoms with Crippen LogP contribution >= 0.6 is 12.6 Å². The normalized spacial score (nSPS) is 11.1. The Kier molecular flexibility index (Phi) is 5.48. The molecule has 4 rings (SSSR count). The van der Waals surface area contributed by atoms with Crippen molar-refractivity contribution in [1.82, 2.24) is 35.4 Å². The number of rotatable bonds is 7. The van der Waals surface area contributed by atoms with Crippen LogP contribution in [0.4, 0.5) is 0 Å². The first-order valence-electron chi connectivity index (χ1n) is 9.24. The molecule has 2 heterocycles. The van der Waals surface area contributed by atoms with Crippen molar-refractivity contribution in [2.75, 3.05) is 0 Å². The number of hydrogen-bond donors (Lipinski definition) is 2. The lowest BCUT2D eigenvalue weighted by Crippen LogP contribution is -2.07. The van der Waals surface area contributed by atoms with E-state index in [-0.39, 0.29) is 0 Å². The van der Waals surface area contributed by atoms with Gasteiger partial charge in [-0.3, -0.25) is 0 Å². The number of thiol groups is 1. The van der Waals surface area contributed by atoms with Crippen molar-refractivity contribution in [1.29, 1.82) is 0 Å². The van der Waals surface area contributed by atoms with E-state index in [9.17, 15) is 0 Å². The van der Waals surface area contributed by atoms with Crippen LogP contribution in [0.3, 0.4) is 0 Å². The molecule has 0 fully saturated rings. The molecule has 0 atom stereocenters. The van der Waals surface area contributed by atoms with Crippen molar-refractivity contribution in [3.8, 4) is 22.5 Å². The lowest BCUT2D eigenvalue weighted by atomic mass is 9.98. The molecule has 7 nitrogen and oxygen atoms in total. The number of nitrogens with one attached hydrogen (secondary N) is 1. The Labute approximate surface area is 168 Å². The monoisotopic (exact) mass is 391 g/mol. The number of tetrazole rings is 1. The predicted molar refractivity (Wildman–Crippen MR) is 111 cm³/mol. The van der Waals surface area contributed by atoms with E-state index in [1.807, 2.05) is 22.9 Å².